The minimum absolute atomic E-state index is 0.0196. The smallest absolute Gasteiger partial charge is 0.336 e. The number of benzene rings is 5. The third kappa shape index (κ3) is 6.26. The van der Waals surface area contributed by atoms with E-state index >= 15 is 0 Å². The van der Waals surface area contributed by atoms with E-state index in [1.807, 2.05) is 48.5 Å². The van der Waals surface area contributed by atoms with E-state index < -0.39 is 30.4 Å². The van der Waals surface area contributed by atoms with Crippen molar-refractivity contribution in [1.82, 2.24) is 0 Å². The Labute approximate surface area is 263 Å². The lowest BCUT2D eigenvalue weighted by Crippen LogP contribution is -3.85. The lowest BCUT2D eigenvalue weighted by molar-refractivity contribution is -1.03. The Kier molecular flexibility index (Phi) is 8.55. The number of fused-ring (bicyclic) bond motifs is 2. The minimum atomic E-state index is -4.15. The molecule has 5 aromatic rings. The van der Waals surface area contributed by atoms with Crippen LogP contribution in [0.15, 0.2) is 95.9 Å². The third-order valence-corrected chi connectivity index (χ3v) is 14.9. The summed E-state index contributed by atoms with van der Waals surface area (Å²) in [4.78, 5) is 0.0792. The highest BCUT2D eigenvalue weighted by Gasteiger charge is 2.38. The van der Waals surface area contributed by atoms with Gasteiger partial charge in [-0.05, 0) is 66.9 Å². The van der Waals surface area contributed by atoms with Crippen molar-refractivity contribution in [1.29, 1.82) is 0 Å². The molecule has 0 N–H and O–H groups in total. The van der Waals surface area contributed by atoms with E-state index in [-0.39, 0.29) is 15.7 Å². The predicted octanol–water partition coefficient (Wildman–Crippen LogP) is 5.59. The monoisotopic (exact) mass is 710 g/mol. The lowest BCUT2D eigenvalue weighted by atomic mass is 9.87. The Morgan fingerprint density at radius 2 is 0.977 bits per heavy atom. The molecule has 0 aliphatic heterocycles. The molecule has 0 unspecified atom stereocenters. The normalized spacial score (nSPS) is 12.7. The van der Waals surface area contributed by atoms with Crippen LogP contribution < -0.4 is 29.7 Å². The number of hydrogen-bond donors (Lipinski definition) is 0. The van der Waals surface area contributed by atoms with Crippen molar-refractivity contribution in [2.75, 3.05) is 14.2 Å². The molecule has 0 fully saturated rings. The largest absolute Gasteiger partial charge is 0.495 e. The molecule has 0 bridgehead atoms. The fraction of sp³-hybridized carbons (Fsp3) is 0.278. The fourth-order valence-corrected chi connectivity index (χ4v) is 12.0. The van der Waals surface area contributed by atoms with Gasteiger partial charge in [0.05, 0.1) is 19.1 Å². The second kappa shape index (κ2) is 11.7. The summed E-state index contributed by atoms with van der Waals surface area (Å²) in [5.41, 5.74) is 2.32. The van der Waals surface area contributed by atoms with Gasteiger partial charge in [-0.1, -0.05) is 90.1 Å². The van der Waals surface area contributed by atoms with Crippen LogP contribution >= 0.6 is 0 Å². The van der Waals surface area contributed by atoms with Gasteiger partial charge in [-0.15, -0.1) is 0 Å². The SMILES string of the molecule is COc1c2ccccc2c(OC)c2cc(S(=O)(=O)O[I+](c3ccc(C(C)(C)C)cc3)c3ccc(C(C)(C)C)cc3)ccc12. The Hall–Kier alpha value is -3.14. The van der Waals surface area contributed by atoms with Crippen LogP contribution in [0.2, 0.25) is 0 Å². The van der Waals surface area contributed by atoms with E-state index in [0.29, 0.717) is 16.9 Å². The molecule has 0 amide bonds. The summed E-state index contributed by atoms with van der Waals surface area (Å²) in [5.74, 6) is 1.26. The van der Waals surface area contributed by atoms with Gasteiger partial charge in [0, 0.05) is 21.5 Å². The molecular weight excluding hydrogens is 671 g/mol. The van der Waals surface area contributed by atoms with Gasteiger partial charge in [0.15, 0.2) is 7.14 Å². The summed E-state index contributed by atoms with van der Waals surface area (Å²) in [6.07, 6.45) is 0. The molecule has 5 aromatic carbocycles. The van der Waals surface area contributed by atoms with Crippen LogP contribution in [0.25, 0.3) is 21.5 Å². The molecule has 5 nitrogen and oxygen atoms in total. The van der Waals surface area contributed by atoms with Gasteiger partial charge in [-0.2, -0.15) is 8.42 Å². The van der Waals surface area contributed by atoms with Crippen LogP contribution in [0.3, 0.4) is 0 Å². The summed E-state index contributed by atoms with van der Waals surface area (Å²) in [6.45, 7) is 13.0. The second-order valence-electron chi connectivity index (χ2n) is 12.6. The zero-order chi connectivity index (χ0) is 31.2. The standard InChI is InChI=1S/C36H39IO5S/c1-35(2,3)24-13-17-26(18-14-24)37(27-19-15-25(16-20-27)36(4,5)6)42-43(38,39)28-21-22-31-32(23-28)34(41-8)30-12-10-9-11-29(30)33(31)40-7/h9-23H,1-8H3/q+1. The van der Waals surface area contributed by atoms with E-state index in [1.54, 1.807) is 32.4 Å². The van der Waals surface area contributed by atoms with Gasteiger partial charge in [0.2, 0.25) is 0 Å². The van der Waals surface area contributed by atoms with E-state index in [4.69, 9.17) is 12.0 Å². The van der Waals surface area contributed by atoms with Gasteiger partial charge in [0.25, 0.3) is 0 Å². The Morgan fingerprint density at radius 3 is 1.40 bits per heavy atom. The Bertz CT molecular complexity index is 1830. The average Bonchev–Trinajstić information content (AvgIpc) is 2.97. The first-order chi connectivity index (χ1) is 20.2. The van der Waals surface area contributed by atoms with Gasteiger partial charge < -0.3 is 9.47 Å². The van der Waals surface area contributed by atoms with Crippen molar-refractivity contribution in [3.63, 3.8) is 0 Å². The molecule has 0 saturated carbocycles. The zero-order valence-corrected chi connectivity index (χ0v) is 29.0. The highest BCUT2D eigenvalue weighted by atomic mass is 127. The molecule has 0 heterocycles. The number of hydrogen-bond acceptors (Lipinski definition) is 5. The Morgan fingerprint density at radius 1 is 0.558 bits per heavy atom. The molecule has 0 spiro atoms. The molecule has 0 saturated heterocycles. The Balaban J connectivity index is 1.62. The molecular formula is C36H39IO5S+. The maximum atomic E-state index is 14.0. The summed E-state index contributed by atoms with van der Waals surface area (Å²) in [7, 11) is -0.935. The quantitative estimate of drug-likeness (QED) is 0.163. The van der Waals surface area contributed by atoms with Gasteiger partial charge >= 0.3 is 30.4 Å². The van der Waals surface area contributed by atoms with Crippen molar-refractivity contribution in [2.45, 2.75) is 57.3 Å². The van der Waals surface area contributed by atoms with Crippen LogP contribution in [0.5, 0.6) is 11.5 Å². The van der Waals surface area contributed by atoms with Crippen molar-refractivity contribution in [3.05, 3.63) is 109 Å². The predicted molar refractivity (Wildman–Crippen MR) is 171 cm³/mol. The van der Waals surface area contributed by atoms with Gasteiger partial charge in [-0.3, -0.25) is 0 Å². The minimum Gasteiger partial charge on any atom is -0.495 e. The van der Waals surface area contributed by atoms with Crippen LogP contribution in [0, 0.1) is 7.14 Å². The van der Waals surface area contributed by atoms with Crippen molar-refractivity contribution >= 4 is 31.7 Å². The summed E-state index contributed by atoms with van der Waals surface area (Å²) in [6, 6.07) is 29.2. The van der Waals surface area contributed by atoms with E-state index in [2.05, 4.69) is 65.8 Å². The van der Waals surface area contributed by atoms with E-state index in [0.717, 1.165) is 23.3 Å². The molecule has 0 aromatic heterocycles. The zero-order valence-electron chi connectivity index (χ0n) is 26.0. The van der Waals surface area contributed by atoms with Gasteiger partial charge in [0.1, 0.15) is 11.5 Å². The fourth-order valence-electron chi connectivity index (χ4n) is 5.12. The maximum absolute atomic E-state index is 14.0. The van der Waals surface area contributed by atoms with Crippen molar-refractivity contribution in [3.8, 4) is 11.5 Å². The molecule has 7 heteroatoms. The summed E-state index contributed by atoms with van der Waals surface area (Å²) >= 11 is -2.91. The lowest BCUT2D eigenvalue weighted by Gasteiger charge is -2.19. The molecule has 0 aliphatic carbocycles. The topological polar surface area (TPSA) is 61.8 Å². The molecule has 225 valence electrons. The van der Waals surface area contributed by atoms with E-state index in [1.165, 1.54) is 11.1 Å². The molecule has 0 aliphatic rings. The van der Waals surface area contributed by atoms with Crippen LogP contribution in [-0.4, -0.2) is 22.6 Å². The number of rotatable bonds is 7. The molecule has 43 heavy (non-hydrogen) atoms. The number of halogens is 1. The average molecular weight is 711 g/mol. The second-order valence-corrected chi connectivity index (χ2v) is 19.1. The number of methoxy groups -OCH3 is 2. The van der Waals surface area contributed by atoms with Crippen molar-refractivity contribution < 1.29 is 40.6 Å². The first-order valence-corrected chi connectivity index (χ1v) is 18.6. The highest BCUT2D eigenvalue weighted by molar-refractivity contribution is 7.86. The number of ether oxygens (including phenoxy) is 2. The highest BCUT2D eigenvalue weighted by Crippen LogP contribution is 2.43. The van der Waals surface area contributed by atoms with Crippen LogP contribution in [-0.2, 0) is 23.5 Å². The first kappa shape index (κ1) is 31.3. The van der Waals surface area contributed by atoms with Crippen molar-refractivity contribution in [2.24, 2.45) is 0 Å². The maximum Gasteiger partial charge on any atom is 0.336 e. The molecule has 5 rings (SSSR count). The van der Waals surface area contributed by atoms with Crippen LogP contribution in [0.1, 0.15) is 52.7 Å². The molecule has 0 atom stereocenters. The van der Waals surface area contributed by atoms with Gasteiger partial charge in [-0.25, -0.2) is 0 Å². The van der Waals surface area contributed by atoms with Crippen LogP contribution in [0.4, 0.5) is 0 Å². The molecule has 1 radical (unpaired) electrons. The summed E-state index contributed by atoms with van der Waals surface area (Å²) in [5, 5.41) is 3.15. The summed E-state index contributed by atoms with van der Waals surface area (Å²) < 4.78 is 47.8. The first-order valence-electron chi connectivity index (χ1n) is 14.2. The third-order valence-electron chi connectivity index (χ3n) is 7.56. The van der Waals surface area contributed by atoms with E-state index in [9.17, 15) is 8.42 Å².